The van der Waals surface area contributed by atoms with Gasteiger partial charge in [0.2, 0.25) is 5.91 Å². The van der Waals surface area contributed by atoms with E-state index in [0.717, 1.165) is 52.0 Å². The molecule has 0 aliphatic carbocycles. The molecule has 0 unspecified atom stereocenters. The van der Waals surface area contributed by atoms with E-state index < -0.39 is 0 Å². The molecule has 6 nitrogen and oxygen atoms in total. The molecule has 0 spiro atoms. The van der Waals surface area contributed by atoms with Crippen LogP contribution in [0.25, 0.3) is 0 Å². The van der Waals surface area contributed by atoms with Crippen LogP contribution in [0.15, 0.2) is 24.4 Å². The first-order valence-electron chi connectivity index (χ1n) is 10.4. The summed E-state index contributed by atoms with van der Waals surface area (Å²) in [6.45, 7) is 6.64. The van der Waals surface area contributed by atoms with Gasteiger partial charge >= 0.3 is 0 Å². The average molecular weight is 375 g/mol. The Bertz CT molecular complexity index is 561. The number of likely N-dealkylation sites (tertiary alicyclic amines) is 2. The Kier molecular flexibility index (Phi) is 8.05. The molecule has 3 heterocycles. The molecule has 0 aromatic carbocycles. The van der Waals surface area contributed by atoms with Crippen LogP contribution < -0.4 is 5.32 Å². The first kappa shape index (κ1) is 20.2. The summed E-state index contributed by atoms with van der Waals surface area (Å²) in [5, 5.41) is 3.01. The number of methoxy groups -OCH3 is 1. The van der Waals surface area contributed by atoms with E-state index in [1.165, 1.54) is 18.5 Å². The topological polar surface area (TPSA) is 57.7 Å². The highest BCUT2D eigenvalue weighted by Crippen LogP contribution is 2.24. The monoisotopic (exact) mass is 374 g/mol. The number of nitrogens with zero attached hydrogens (tertiary/aromatic N) is 3. The zero-order valence-corrected chi connectivity index (χ0v) is 16.6. The number of hydrogen-bond acceptors (Lipinski definition) is 5. The van der Waals surface area contributed by atoms with Gasteiger partial charge in [-0.2, -0.15) is 0 Å². The van der Waals surface area contributed by atoms with Gasteiger partial charge in [0.1, 0.15) is 0 Å². The van der Waals surface area contributed by atoms with Crippen molar-refractivity contribution in [1.29, 1.82) is 0 Å². The number of hydrogen-bond donors (Lipinski definition) is 1. The van der Waals surface area contributed by atoms with E-state index in [0.29, 0.717) is 19.2 Å². The maximum Gasteiger partial charge on any atom is 0.224 e. The van der Waals surface area contributed by atoms with E-state index in [2.05, 4.69) is 32.2 Å². The highest BCUT2D eigenvalue weighted by molar-refractivity contribution is 5.78. The van der Waals surface area contributed by atoms with E-state index in [9.17, 15) is 4.79 Å². The van der Waals surface area contributed by atoms with E-state index in [4.69, 9.17) is 4.74 Å². The molecule has 27 heavy (non-hydrogen) atoms. The SMILES string of the molecule is COCCNC(=O)[C@H]1CCCN(C2CCN(CCc3ccccn3)CC2)C1. The summed E-state index contributed by atoms with van der Waals surface area (Å²) in [4.78, 5) is 21.9. The Morgan fingerprint density at radius 3 is 2.85 bits per heavy atom. The number of nitrogens with one attached hydrogen (secondary N) is 1. The highest BCUT2D eigenvalue weighted by atomic mass is 16.5. The van der Waals surface area contributed by atoms with Crippen molar-refractivity contribution in [2.24, 2.45) is 5.92 Å². The van der Waals surface area contributed by atoms with Crippen LogP contribution in [0.4, 0.5) is 0 Å². The van der Waals surface area contributed by atoms with Gasteiger partial charge in [0, 0.05) is 51.1 Å². The fourth-order valence-corrected chi connectivity index (χ4v) is 4.30. The van der Waals surface area contributed by atoms with Gasteiger partial charge in [-0.3, -0.25) is 14.7 Å². The molecule has 1 amide bonds. The van der Waals surface area contributed by atoms with Crippen molar-refractivity contribution in [3.05, 3.63) is 30.1 Å². The second kappa shape index (κ2) is 10.7. The molecule has 1 aromatic rings. The van der Waals surface area contributed by atoms with Crippen LogP contribution in [0.1, 0.15) is 31.4 Å². The standard InChI is InChI=1S/C21H34N4O2/c1-27-16-11-23-21(26)18-5-4-12-25(17-18)20-8-14-24(15-9-20)13-7-19-6-2-3-10-22-19/h2-3,6,10,18,20H,4-5,7-9,11-17H2,1H3,(H,23,26)/t18-/m0/s1. The number of rotatable bonds is 8. The largest absolute Gasteiger partial charge is 0.383 e. The normalized spacial score (nSPS) is 22.6. The van der Waals surface area contributed by atoms with Crippen molar-refractivity contribution in [2.45, 2.75) is 38.1 Å². The van der Waals surface area contributed by atoms with Gasteiger partial charge < -0.3 is 15.0 Å². The summed E-state index contributed by atoms with van der Waals surface area (Å²) in [6, 6.07) is 6.77. The average Bonchev–Trinajstić information content (AvgIpc) is 2.73. The van der Waals surface area contributed by atoms with Gasteiger partial charge in [-0.15, -0.1) is 0 Å². The number of pyridine rings is 1. The lowest BCUT2D eigenvalue weighted by Crippen LogP contribution is -2.51. The van der Waals surface area contributed by atoms with Crippen molar-refractivity contribution in [2.75, 3.05) is 53.0 Å². The number of carbonyl (C=O) groups excluding carboxylic acids is 1. The van der Waals surface area contributed by atoms with Crippen LogP contribution in [0, 0.1) is 5.92 Å². The lowest BCUT2D eigenvalue weighted by atomic mass is 9.93. The van der Waals surface area contributed by atoms with Crippen molar-refractivity contribution in [1.82, 2.24) is 20.1 Å². The quantitative estimate of drug-likeness (QED) is 0.700. The van der Waals surface area contributed by atoms with Gasteiger partial charge in [0.15, 0.2) is 0 Å². The number of ether oxygens (including phenoxy) is 1. The first-order chi connectivity index (χ1) is 13.3. The second-order valence-corrected chi connectivity index (χ2v) is 7.76. The number of carbonyl (C=O) groups is 1. The van der Waals surface area contributed by atoms with E-state index in [1.807, 2.05) is 12.3 Å². The molecule has 2 aliphatic heterocycles. The van der Waals surface area contributed by atoms with Gasteiger partial charge in [-0.25, -0.2) is 0 Å². The van der Waals surface area contributed by atoms with E-state index >= 15 is 0 Å². The third-order valence-electron chi connectivity index (χ3n) is 5.91. The van der Waals surface area contributed by atoms with E-state index in [1.54, 1.807) is 7.11 Å². The molecule has 1 N–H and O–H groups in total. The molecular weight excluding hydrogens is 340 g/mol. The zero-order chi connectivity index (χ0) is 18.9. The van der Waals surface area contributed by atoms with Crippen LogP contribution in [0.5, 0.6) is 0 Å². The second-order valence-electron chi connectivity index (χ2n) is 7.76. The number of amides is 1. The molecule has 0 bridgehead atoms. The van der Waals surface area contributed by atoms with Crippen LogP contribution in [-0.2, 0) is 16.0 Å². The lowest BCUT2D eigenvalue weighted by Gasteiger charge is -2.42. The molecular formula is C21H34N4O2. The predicted molar refractivity (Wildman–Crippen MR) is 107 cm³/mol. The lowest BCUT2D eigenvalue weighted by molar-refractivity contribution is -0.127. The number of aromatic nitrogens is 1. The van der Waals surface area contributed by atoms with Crippen LogP contribution in [-0.4, -0.2) is 79.7 Å². The minimum Gasteiger partial charge on any atom is -0.383 e. The van der Waals surface area contributed by atoms with Gasteiger partial charge in [0.25, 0.3) is 0 Å². The Morgan fingerprint density at radius 1 is 1.26 bits per heavy atom. The molecule has 2 fully saturated rings. The summed E-state index contributed by atoms with van der Waals surface area (Å²) in [7, 11) is 1.66. The summed E-state index contributed by atoms with van der Waals surface area (Å²) < 4.78 is 5.02. The number of piperidine rings is 2. The van der Waals surface area contributed by atoms with E-state index in [-0.39, 0.29) is 11.8 Å². The Balaban J connectivity index is 1.39. The molecule has 1 aromatic heterocycles. The maximum absolute atomic E-state index is 12.4. The zero-order valence-electron chi connectivity index (χ0n) is 16.6. The first-order valence-corrected chi connectivity index (χ1v) is 10.4. The minimum absolute atomic E-state index is 0.137. The van der Waals surface area contributed by atoms with Gasteiger partial charge in [-0.1, -0.05) is 6.07 Å². The van der Waals surface area contributed by atoms with Crippen molar-refractivity contribution in [3.63, 3.8) is 0 Å². The Morgan fingerprint density at radius 2 is 2.11 bits per heavy atom. The van der Waals surface area contributed by atoms with Crippen LogP contribution in [0.3, 0.4) is 0 Å². The van der Waals surface area contributed by atoms with Gasteiger partial charge in [0.05, 0.1) is 12.5 Å². The van der Waals surface area contributed by atoms with Gasteiger partial charge in [-0.05, 0) is 57.5 Å². The molecule has 0 saturated carbocycles. The molecule has 2 aliphatic rings. The predicted octanol–water partition coefficient (Wildman–Crippen LogP) is 1.56. The Labute approximate surface area is 163 Å². The summed E-state index contributed by atoms with van der Waals surface area (Å²) in [5.41, 5.74) is 1.18. The molecule has 1 atom stereocenters. The molecule has 3 rings (SSSR count). The minimum atomic E-state index is 0.137. The molecule has 0 radical (unpaired) electrons. The van der Waals surface area contributed by atoms with Crippen molar-refractivity contribution in [3.8, 4) is 0 Å². The van der Waals surface area contributed by atoms with Crippen LogP contribution in [0.2, 0.25) is 0 Å². The summed E-state index contributed by atoms with van der Waals surface area (Å²) >= 11 is 0. The third-order valence-corrected chi connectivity index (χ3v) is 5.91. The van der Waals surface area contributed by atoms with Crippen LogP contribution >= 0.6 is 0 Å². The van der Waals surface area contributed by atoms with Crippen molar-refractivity contribution >= 4 is 5.91 Å². The summed E-state index contributed by atoms with van der Waals surface area (Å²) in [6.07, 6.45) is 7.46. The highest BCUT2D eigenvalue weighted by Gasteiger charge is 2.31. The third kappa shape index (κ3) is 6.26. The fraction of sp³-hybridized carbons (Fsp3) is 0.714. The fourth-order valence-electron chi connectivity index (χ4n) is 4.30. The Hall–Kier alpha value is -1.50. The molecule has 150 valence electrons. The molecule has 6 heteroatoms. The smallest absolute Gasteiger partial charge is 0.224 e. The maximum atomic E-state index is 12.4. The molecule has 2 saturated heterocycles. The van der Waals surface area contributed by atoms with Crippen molar-refractivity contribution < 1.29 is 9.53 Å². The summed E-state index contributed by atoms with van der Waals surface area (Å²) in [5.74, 6) is 0.335.